The first kappa shape index (κ1) is 12.4. The van der Waals surface area contributed by atoms with Crippen LogP contribution in [0.1, 0.15) is 30.0 Å². The van der Waals surface area contributed by atoms with E-state index in [-0.39, 0.29) is 0 Å². The van der Waals surface area contributed by atoms with Crippen LogP contribution < -0.4 is 0 Å². The van der Waals surface area contributed by atoms with E-state index in [4.69, 9.17) is 0 Å². The number of hydrogen-bond acceptors (Lipinski definition) is 3. The van der Waals surface area contributed by atoms with Gasteiger partial charge in [-0.05, 0) is 24.7 Å². The highest BCUT2D eigenvalue weighted by atomic mass is 32.1. The number of nitrogens with zero attached hydrogens (tertiary/aromatic N) is 2. The van der Waals surface area contributed by atoms with Gasteiger partial charge in [0.1, 0.15) is 5.01 Å². The van der Waals surface area contributed by atoms with Gasteiger partial charge in [0.05, 0.1) is 6.54 Å². The van der Waals surface area contributed by atoms with Crippen LogP contribution in [0.5, 0.6) is 0 Å². The predicted molar refractivity (Wildman–Crippen MR) is 63.2 cm³/mol. The number of thiazole rings is 1. The van der Waals surface area contributed by atoms with Crippen LogP contribution in [-0.2, 0) is 12.7 Å². The average molecular weight is 276 g/mol. The van der Waals surface area contributed by atoms with E-state index in [0.717, 1.165) is 41.6 Å². The fourth-order valence-corrected chi connectivity index (χ4v) is 4.01. The second-order valence-corrected chi connectivity index (χ2v) is 6.21. The van der Waals surface area contributed by atoms with E-state index in [2.05, 4.69) is 9.88 Å². The number of likely N-dealkylation sites (tertiary alicyclic amines) is 1. The number of rotatable bonds is 2. The predicted octanol–water partition coefficient (Wildman–Crippen LogP) is 3.39. The minimum atomic E-state index is -4.31. The van der Waals surface area contributed by atoms with Gasteiger partial charge in [0.25, 0.3) is 0 Å². The Hall–Kier alpha value is -0.620. The van der Waals surface area contributed by atoms with Gasteiger partial charge in [0.2, 0.25) is 0 Å². The molecule has 100 valence electrons. The molecule has 1 aliphatic heterocycles. The molecule has 0 spiro atoms. The molecular formula is C12H15F3N2S. The van der Waals surface area contributed by atoms with E-state index in [9.17, 15) is 13.2 Å². The monoisotopic (exact) mass is 276 g/mol. The van der Waals surface area contributed by atoms with E-state index in [0.29, 0.717) is 11.6 Å². The van der Waals surface area contributed by atoms with E-state index in [1.165, 1.54) is 19.3 Å². The molecule has 1 aliphatic carbocycles. The number of alkyl halides is 3. The van der Waals surface area contributed by atoms with Crippen LogP contribution in [0.2, 0.25) is 0 Å². The van der Waals surface area contributed by atoms with E-state index in [1.807, 2.05) is 0 Å². The smallest absolute Gasteiger partial charge is 0.296 e. The summed E-state index contributed by atoms with van der Waals surface area (Å²) in [4.78, 5) is 5.95. The Kier molecular flexibility index (Phi) is 3.10. The minimum absolute atomic E-state index is 0.577. The first-order chi connectivity index (χ1) is 8.52. The average Bonchev–Trinajstić information content (AvgIpc) is 2.90. The summed E-state index contributed by atoms with van der Waals surface area (Å²) in [7, 11) is 0. The van der Waals surface area contributed by atoms with Gasteiger partial charge < -0.3 is 0 Å². The van der Waals surface area contributed by atoms with E-state index < -0.39 is 11.9 Å². The zero-order valence-corrected chi connectivity index (χ0v) is 10.7. The van der Waals surface area contributed by atoms with Crippen molar-refractivity contribution < 1.29 is 13.2 Å². The molecule has 0 N–H and O–H groups in total. The lowest BCUT2D eigenvalue weighted by molar-refractivity contribution is -0.140. The van der Waals surface area contributed by atoms with Crippen LogP contribution in [-0.4, -0.2) is 23.0 Å². The van der Waals surface area contributed by atoms with E-state index >= 15 is 0 Å². The van der Waals surface area contributed by atoms with Crippen molar-refractivity contribution in [3.05, 3.63) is 16.1 Å². The molecule has 2 unspecified atom stereocenters. The van der Waals surface area contributed by atoms with Crippen molar-refractivity contribution in [2.24, 2.45) is 11.8 Å². The molecule has 0 bridgehead atoms. The molecule has 2 aliphatic rings. The molecule has 3 rings (SSSR count). The molecule has 1 saturated carbocycles. The van der Waals surface area contributed by atoms with Crippen molar-refractivity contribution in [2.75, 3.05) is 13.1 Å². The Labute approximate surface area is 108 Å². The molecule has 6 heteroatoms. The van der Waals surface area contributed by atoms with Crippen molar-refractivity contribution >= 4 is 11.3 Å². The lowest BCUT2D eigenvalue weighted by Gasteiger charge is -2.14. The summed E-state index contributed by atoms with van der Waals surface area (Å²) in [6.45, 7) is 2.64. The fraction of sp³-hybridized carbons (Fsp3) is 0.750. The van der Waals surface area contributed by atoms with Crippen molar-refractivity contribution in [1.29, 1.82) is 0 Å². The van der Waals surface area contributed by atoms with Crippen LogP contribution in [0.4, 0.5) is 13.2 Å². The Morgan fingerprint density at radius 3 is 2.50 bits per heavy atom. The maximum Gasteiger partial charge on any atom is 0.434 e. The second kappa shape index (κ2) is 4.49. The largest absolute Gasteiger partial charge is 0.434 e. The topological polar surface area (TPSA) is 16.1 Å². The number of aromatic nitrogens is 1. The Morgan fingerprint density at radius 2 is 1.94 bits per heavy atom. The zero-order valence-electron chi connectivity index (χ0n) is 9.91. The van der Waals surface area contributed by atoms with Gasteiger partial charge in [0, 0.05) is 18.5 Å². The van der Waals surface area contributed by atoms with Gasteiger partial charge in [-0.15, -0.1) is 11.3 Å². The first-order valence-corrected chi connectivity index (χ1v) is 7.14. The van der Waals surface area contributed by atoms with Crippen molar-refractivity contribution in [2.45, 2.75) is 32.0 Å². The van der Waals surface area contributed by atoms with Crippen LogP contribution in [0, 0.1) is 11.8 Å². The molecule has 0 aromatic carbocycles. The van der Waals surface area contributed by atoms with Gasteiger partial charge in [-0.1, -0.05) is 6.42 Å². The molecular weight excluding hydrogens is 261 g/mol. The highest BCUT2D eigenvalue weighted by Gasteiger charge is 2.37. The lowest BCUT2D eigenvalue weighted by Crippen LogP contribution is -2.21. The molecule has 2 fully saturated rings. The fourth-order valence-electron chi connectivity index (χ4n) is 3.17. The lowest BCUT2D eigenvalue weighted by atomic mass is 10.0. The van der Waals surface area contributed by atoms with Gasteiger partial charge in [-0.2, -0.15) is 13.2 Å². The highest BCUT2D eigenvalue weighted by Crippen LogP contribution is 2.38. The normalized spacial score (nSPS) is 28.8. The van der Waals surface area contributed by atoms with Gasteiger partial charge in [0.15, 0.2) is 5.69 Å². The summed E-state index contributed by atoms with van der Waals surface area (Å²) in [5.74, 6) is 1.54. The molecule has 1 aromatic heterocycles. The third kappa shape index (κ3) is 2.40. The molecule has 1 saturated heterocycles. The van der Waals surface area contributed by atoms with Crippen LogP contribution >= 0.6 is 11.3 Å². The second-order valence-electron chi connectivity index (χ2n) is 5.27. The molecule has 1 aromatic rings. The van der Waals surface area contributed by atoms with Crippen LogP contribution in [0.15, 0.2) is 5.38 Å². The standard InChI is InChI=1S/C12H15F3N2S/c13-12(14,15)10-7-18-11(16-10)6-17-4-8-2-1-3-9(8)5-17/h7-9H,1-6H2. The van der Waals surface area contributed by atoms with Gasteiger partial charge in [-0.3, -0.25) is 4.90 Å². The Morgan fingerprint density at radius 1 is 1.28 bits per heavy atom. The Bertz CT molecular complexity index is 417. The third-order valence-corrected chi connectivity index (χ3v) is 4.84. The van der Waals surface area contributed by atoms with Crippen molar-refractivity contribution in [3.8, 4) is 0 Å². The van der Waals surface area contributed by atoms with Crippen LogP contribution in [0.3, 0.4) is 0 Å². The number of hydrogen-bond donors (Lipinski definition) is 0. The molecule has 2 heterocycles. The van der Waals surface area contributed by atoms with Gasteiger partial charge >= 0.3 is 6.18 Å². The summed E-state index contributed by atoms with van der Waals surface area (Å²) >= 11 is 1.12. The highest BCUT2D eigenvalue weighted by molar-refractivity contribution is 7.09. The molecule has 0 radical (unpaired) electrons. The molecule has 18 heavy (non-hydrogen) atoms. The molecule has 2 atom stereocenters. The van der Waals surface area contributed by atoms with Gasteiger partial charge in [-0.25, -0.2) is 4.98 Å². The zero-order chi connectivity index (χ0) is 12.8. The quantitative estimate of drug-likeness (QED) is 0.823. The third-order valence-electron chi connectivity index (χ3n) is 4.00. The molecule has 2 nitrogen and oxygen atoms in total. The summed E-state index contributed by atoms with van der Waals surface area (Å²) in [6, 6.07) is 0. The number of halogens is 3. The summed E-state index contributed by atoms with van der Waals surface area (Å²) in [5, 5.41) is 1.70. The van der Waals surface area contributed by atoms with Crippen molar-refractivity contribution in [1.82, 2.24) is 9.88 Å². The van der Waals surface area contributed by atoms with Crippen LogP contribution in [0.25, 0.3) is 0 Å². The maximum atomic E-state index is 12.4. The van der Waals surface area contributed by atoms with E-state index in [1.54, 1.807) is 0 Å². The summed E-state index contributed by atoms with van der Waals surface area (Å²) in [6.07, 6.45) is -0.422. The maximum absolute atomic E-state index is 12.4. The van der Waals surface area contributed by atoms with Crippen molar-refractivity contribution in [3.63, 3.8) is 0 Å². The molecule has 0 amide bonds. The first-order valence-electron chi connectivity index (χ1n) is 6.26. The Balaban J connectivity index is 1.62. The SMILES string of the molecule is FC(F)(F)c1csc(CN2CC3CCCC3C2)n1. The minimum Gasteiger partial charge on any atom is -0.296 e. The summed E-state index contributed by atoms with van der Waals surface area (Å²) < 4.78 is 37.3. The number of fused-ring (bicyclic) bond motifs is 1. The summed E-state index contributed by atoms with van der Waals surface area (Å²) in [5.41, 5.74) is -0.748.